The number of rotatable bonds is 6. The van der Waals surface area contributed by atoms with E-state index >= 15 is 0 Å². The van der Waals surface area contributed by atoms with E-state index < -0.39 is 0 Å². The van der Waals surface area contributed by atoms with Crippen molar-refractivity contribution in [3.8, 4) is 0 Å². The molecule has 0 bridgehead atoms. The molecule has 0 aliphatic rings. The largest absolute Gasteiger partial charge is 0.466 e. The summed E-state index contributed by atoms with van der Waals surface area (Å²) in [4.78, 5) is 22.7. The minimum Gasteiger partial charge on any atom is -0.466 e. The van der Waals surface area contributed by atoms with Gasteiger partial charge in [0.05, 0.1) is 13.0 Å². The van der Waals surface area contributed by atoms with Gasteiger partial charge >= 0.3 is 5.97 Å². The van der Waals surface area contributed by atoms with Crippen molar-refractivity contribution in [3.05, 3.63) is 34.3 Å². The second-order valence-corrected chi connectivity index (χ2v) is 4.57. The SMILES string of the molecule is CCOC(=O)CCC(=O)Cc1cccc(Br)c1. The summed E-state index contributed by atoms with van der Waals surface area (Å²) in [5.74, 6) is -0.258. The van der Waals surface area contributed by atoms with Crippen LogP contribution in [-0.2, 0) is 20.7 Å². The van der Waals surface area contributed by atoms with Crippen LogP contribution in [0, 0.1) is 0 Å². The predicted octanol–water partition coefficient (Wildman–Crippen LogP) is 2.90. The van der Waals surface area contributed by atoms with E-state index in [1.165, 1.54) is 0 Å². The Labute approximate surface area is 109 Å². The monoisotopic (exact) mass is 298 g/mol. The maximum absolute atomic E-state index is 11.6. The highest BCUT2D eigenvalue weighted by Crippen LogP contribution is 2.13. The Hall–Kier alpha value is -1.16. The van der Waals surface area contributed by atoms with Gasteiger partial charge in [0.1, 0.15) is 5.78 Å². The van der Waals surface area contributed by atoms with Gasteiger partial charge in [0.15, 0.2) is 0 Å². The van der Waals surface area contributed by atoms with Crippen molar-refractivity contribution in [1.82, 2.24) is 0 Å². The van der Waals surface area contributed by atoms with E-state index in [4.69, 9.17) is 4.74 Å². The predicted molar refractivity (Wildman–Crippen MR) is 68.7 cm³/mol. The van der Waals surface area contributed by atoms with E-state index in [0.717, 1.165) is 10.0 Å². The van der Waals surface area contributed by atoms with Crippen LogP contribution in [-0.4, -0.2) is 18.4 Å². The second kappa shape index (κ2) is 7.22. The lowest BCUT2D eigenvalue weighted by Gasteiger charge is -2.02. The molecule has 0 amide bonds. The number of Topliss-reactive ketones (excluding diaryl/α,β-unsaturated/α-hetero) is 1. The smallest absolute Gasteiger partial charge is 0.306 e. The lowest BCUT2D eigenvalue weighted by Crippen LogP contribution is -2.09. The molecule has 0 saturated carbocycles. The first kappa shape index (κ1) is 13.9. The van der Waals surface area contributed by atoms with Crippen LogP contribution in [0.2, 0.25) is 0 Å². The number of halogens is 1. The van der Waals surface area contributed by atoms with Crippen LogP contribution in [0.15, 0.2) is 28.7 Å². The first-order chi connectivity index (χ1) is 8.11. The second-order valence-electron chi connectivity index (χ2n) is 3.65. The molecular weight excluding hydrogens is 284 g/mol. The Morgan fingerprint density at radius 3 is 2.71 bits per heavy atom. The first-order valence-electron chi connectivity index (χ1n) is 5.53. The van der Waals surface area contributed by atoms with E-state index in [9.17, 15) is 9.59 Å². The average molecular weight is 299 g/mol. The molecule has 0 unspecified atom stereocenters. The quantitative estimate of drug-likeness (QED) is 0.759. The van der Waals surface area contributed by atoms with E-state index in [-0.39, 0.29) is 24.6 Å². The van der Waals surface area contributed by atoms with Crippen molar-refractivity contribution in [2.45, 2.75) is 26.2 Å². The Morgan fingerprint density at radius 1 is 1.29 bits per heavy atom. The highest BCUT2D eigenvalue weighted by atomic mass is 79.9. The van der Waals surface area contributed by atoms with Gasteiger partial charge < -0.3 is 4.74 Å². The molecule has 0 heterocycles. The van der Waals surface area contributed by atoms with Crippen molar-refractivity contribution in [2.75, 3.05) is 6.61 Å². The van der Waals surface area contributed by atoms with E-state index in [2.05, 4.69) is 15.9 Å². The molecule has 1 rings (SSSR count). The number of hydrogen-bond donors (Lipinski definition) is 0. The third-order valence-corrected chi connectivity index (χ3v) is 2.70. The lowest BCUT2D eigenvalue weighted by molar-refractivity contribution is -0.144. The summed E-state index contributed by atoms with van der Waals surface area (Å²) in [5, 5.41) is 0. The number of carbonyl (C=O) groups excluding carboxylic acids is 2. The zero-order valence-corrected chi connectivity index (χ0v) is 11.3. The van der Waals surface area contributed by atoms with Gasteiger partial charge in [0.25, 0.3) is 0 Å². The van der Waals surface area contributed by atoms with Crippen LogP contribution in [0.5, 0.6) is 0 Å². The summed E-state index contributed by atoms with van der Waals surface area (Å²) < 4.78 is 5.71. The number of hydrogen-bond acceptors (Lipinski definition) is 3. The molecule has 0 aliphatic carbocycles. The fourth-order valence-electron chi connectivity index (χ4n) is 1.44. The Morgan fingerprint density at radius 2 is 2.06 bits per heavy atom. The van der Waals surface area contributed by atoms with Crippen molar-refractivity contribution in [3.63, 3.8) is 0 Å². The van der Waals surface area contributed by atoms with Crippen LogP contribution < -0.4 is 0 Å². The molecule has 1 aromatic rings. The highest BCUT2D eigenvalue weighted by Gasteiger charge is 2.08. The van der Waals surface area contributed by atoms with Gasteiger partial charge in [0.2, 0.25) is 0 Å². The standard InChI is InChI=1S/C13H15BrO3/c1-2-17-13(16)7-6-12(15)9-10-4-3-5-11(14)8-10/h3-5,8H,2,6-7,9H2,1H3. The van der Waals surface area contributed by atoms with Crippen molar-refractivity contribution in [1.29, 1.82) is 0 Å². The van der Waals surface area contributed by atoms with Crippen LogP contribution >= 0.6 is 15.9 Å². The van der Waals surface area contributed by atoms with E-state index in [1.54, 1.807) is 6.92 Å². The van der Waals surface area contributed by atoms with Gasteiger partial charge in [-0.25, -0.2) is 0 Å². The summed E-state index contributed by atoms with van der Waals surface area (Å²) in [6.07, 6.45) is 0.769. The van der Waals surface area contributed by atoms with Gasteiger partial charge in [-0.05, 0) is 24.6 Å². The van der Waals surface area contributed by atoms with Gasteiger partial charge in [-0.1, -0.05) is 28.1 Å². The number of ether oxygens (including phenoxy) is 1. The van der Waals surface area contributed by atoms with Crippen LogP contribution in [0.1, 0.15) is 25.3 Å². The van der Waals surface area contributed by atoms with Gasteiger partial charge in [-0.2, -0.15) is 0 Å². The zero-order valence-electron chi connectivity index (χ0n) is 9.74. The maximum Gasteiger partial charge on any atom is 0.306 e. The number of esters is 1. The average Bonchev–Trinajstić information content (AvgIpc) is 2.27. The summed E-state index contributed by atoms with van der Waals surface area (Å²) in [6, 6.07) is 7.60. The van der Waals surface area contributed by atoms with Gasteiger partial charge in [0, 0.05) is 17.3 Å². The minimum atomic E-state index is -0.310. The van der Waals surface area contributed by atoms with Crippen molar-refractivity contribution >= 4 is 27.7 Å². The fraction of sp³-hybridized carbons (Fsp3) is 0.385. The number of benzene rings is 1. The topological polar surface area (TPSA) is 43.4 Å². The Bertz CT molecular complexity index is 401. The summed E-state index contributed by atoms with van der Waals surface area (Å²) in [5.41, 5.74) is 0.952. The normalized spacial score (nSPS) is 10.0. The molecule has 1 aromatic carbocycles. The molecule has 0 saturated heterocycles. The Balaban J connectivity index is 2.37. The maximum atomic E-state index is 11.6. The fourth-order valence-corrected chi connectivity index (χ4v) is 1.88. The third kappa shape index (κ3) is 5.63. The lowest BCUT2D eigenvalue weighted by atomic mass is 10.1. The number of carbonyl (C=O) groups is 2. The number of ketones is 1. The van der Waals surface area contributed by atoms with Gasteiger partial charge in [-0.15, -0.1) is 0 Å². The molecular formula is C13H15BrO3. The van der Waals surface area contributed by atoms with Crippen LogP contribution in [0.4, 0.5) is 0 Å². The van der Waals surface area contributed by atoms with Crippen molar-refractivity contribution < 1.29 is 14.3 Å². The van der Waals surface area contributed by atoms with Crippen LogP contribution in [0.25, 0.3) is 0 Å². The molecule has 0 spiro atoms. The molecule has 0 fully saturated rings. The molecule has 17 heavy (non-hydrogen) atoms. The molecule has 0 N–H and O–H groups in total. The molecule has 0 aromatic heterocycles. The summed E-state index contributed by atoms with van der Waals surface area (Å²) >= 11 is 3.35. The van der Waals surface area contributed by atoms with Gasteiger partial charge in [-0.3, -0.25) is 9.59 Å². The summed E-state index contributed by atoms with van der Waals surface area (Å²) in [6.45, 7) is 2.11. The molecule has 0 radical (unpaired) electrons. The van der Waals surface area contributed by atoms with E-state index in [1.807, 2.05) is 24.3 Å². The van der Waals surface area contributed by atoms with Crippen LogP contribution in [0.3, 0.4) is 0 Å². The molecule has 0 aliphatic heterocycles. The zero-order chi connectivity index (χ0) is 12.7. The molecule has 4 heteroatoms. The highest BCUT2D eigenvalue weighted by molar-refractivity contribution is 9.10. The molecule has 3 nitrogen and oxygen atoms in total. The van der Waals surface area contributed by atoms with E-state index in [0.29, 0.717) is 13.0 Å². The Kier molecular flexibility index (Phi) is 5.91. The minimum absolute atomic E-state index is 0.0520. The molecule has 92 valence electrons. The van der Waals surface area contributed by atoms with Crippen molar-refractivity contribution in [2.24, 2.45) is 0 Å². The molecule has 0 atom stereocenters. The summed E-state index contributed by atoms with van der Waals surface area (Å²) in [7, 11) is 0. The first-order valence-corrected chi connectivity index (χ1v) is 6.33. The third-order valence-electron chi connectivity index (χ3n) is 2.20.